The van der Waals surface area contributed by atoms with Gasteiger partial charge in [0.1, 0.15) is 4.90 Å². The normalized spacial score (nSPS) is 15.3. The lowest BCUT2D eigenvalue weighted by atomic mass is 10.1. The molecule has 0 saturated heterocycles. The summed E-state index contributed by atoms with van der Waals surface area (Å²) in [5.41, 5.74) is 5.73. The molecular weight excluding hydrogens is 624 g/mol. The van der Waals surface area contributed by atoms with Crippen LogP contribution in [0.4, 0.5) is 5.69 Å². The van der Waals surface area contributed by atoms with Crippen LogP contribution in [0.15, 0.2) is 76.9 Å². The van der Waals surface area contributed by atoms with Gasteiger partial charge >= 0.3 is 5.97 Å². The lowest BCUT2D eigenvalue weighted by molar-refractivity contribution is -0.710. The number of nitrogens with one attached hydrogen (secondary N) is 2. The fourth-order valence-corrected chi connectivity index (χ4v) is 6.54. The number of hydrogen-bond donors (Lipinski definition) is 2. The molecule has 15 heteroatoms. The number of ether oxygens (including phenoxy) is 1. The van der Waals surface area contributed by atoms with Gasteiger partial charge in [-0.2, -0.15) is 0 Å². The summed E-state index contributed by atoms with van der Waals surface area (Å²) in [7, 11) is -4.17. The first-order chi connectivity index (χ1) is 21.4. The molecule has 0 spiro atoms. The molecule has 0 aliphatic carbocycles. The molecule has 45 heavy (non-hydrogen) atoms. The second kappa shape index (κ2) is 14.6. The zero-order chi connectivity index (χ0) is 32.7. The maximum atomic E-state index is 13.4. The van der Waals surface area contributed by atoms with Crippen LogP contribution < -0.4 is 15.2 Å². The minimum atomic E-state index is -4.17. The maximum Gasteiger partial charge on any atom is 0.341 e. The Bertz CT molecular complexity index is 1670. The van der Waals surface area contributed by atoms with Crippen molar-refractivity contribution in [1.29, 1.82) is 0 Å². The van der Waals surface area contributed by atoms with E-state index < -0.39 is 34.7 Å². The fraction of sp³-hybridized carbons (Fsp3) is 0.333. The number of rotatable bonds is 13. The van der Waals surface area contributed by atoms with E-state index in [1.165, 1.54) is 35.3 Å². The van der Waals surface area contributed by atoms with E-state index in [1.54, 1.807) is 37.9 Å². The van der Waals surface area contributed by atoms with Crippen molar-refractivity contribution in [2.45, 2.75) is 51.1 Å². The Labute approximate surface area is 266 Å². The van der Waals surface area contributed by atoms with Gasteiger partial charge in [-0.15, -0.1) is 5.01 Å². The van der Waals surface area contributed by atoms with Gasteiger partial charge in [0.2, 0.25) is 15.3 Å². The van der Waals surface area contributed by atoms with Crippen molar-refractivity contribution < 1.29 is 32.6 Å². The molecule has 0 fully saturated rings. The molecule has 240 valence electrons. The van der Waals surface area contributed by atoms with E-state index >= 15 is 0 Å². The third kappa shape index (κ3) is 8.01. The molecular formula is C30H35ClN6O7S. The van der Waals surface area contributed by atoms with Gasteiger partial charge in [0.15, 0.2) is 0 Å². The number of carbonyl (C=O) groups excluding carboxylic acids is 2. The summed E-state index contributed by atoms with van der Waals surface area (Å²) in [4.78, 5) is 30.3. The Kier molecular flexibility index (Phi) is 10.9. The maximum absolute atomic E-state index is 13.4. The summed E-state index contributed by atoms with van der Waals surface area (Å²) in [5.74, 6) is -1.20. The molecule has 3 aromatic rings. The molecule has 0 radical (unpaired) electrons. The average Bonchev–Trinajstić information content (AvgIpc) is 3.34. The number of fused-ring (bicyclic) bond motifs is 1. The van der Waals surface area contributed by atoms with Gasteiger partial charge < -0.3 is 14.8 Å². The highest BCUT2D eigenvalue weighted by molar-refractivity contribution is 7.89. The summed E-state index contributed by atoms with van der Waals surface area (Å²) in [6.07, 6.45) is 0.768. The van der Waals surface area contributed by atoms with Crippen molar-refractivity contribution in [2.24, 2.45) is 5.28 Å². The first kappa shape index (κ1) is 33.5. The Hall–Kier alpha value is -4.40. The monoisotopic (exact) mass is 658 g/mol. The van der Waals surface area contributed by atoms with Crippen LogP contribution in [0.5, 0.6) is 0 Å². The molecule has 1 aliphatic heterocycles. The number of sulfonamides is 1. The lowest BCUT2D eigenvalue weighted by Gasteiger charge is -2.25. The number of carbonyl (C=O) groups is 2. The highest BCUT2D eigenvalue weighted by Gasteiger charge is 2.28. The second-order valence-electron chi connectivity index (χ2n) is 10.3. The molecule has 1 aliphatic rings. The van der Waals surface area contributed by atoms with Crippen molar-refractivity contribution in [3.63, 3.8) is 0 Å². The highest BCUT2D eigenvalue weighted by atomic mass is 35.5. The van der Waals surface area contributed by atoms with Crippen LogP contribution in [0.3, 0.4) is 0 Å². The van der Waals surface area contributed by atoms with E-state index in [0.29, 0.717) is 18.7 Å². The quantitative estimate of drug-likeness (QED) is 0.0661. The Balaban J connectivity index is 1.38. The van der Waals surface area contributed by atoms with Crippen LogP contribution in [-0.2, 0) is 26.0 Å². The van der Waals surface area contributed by atoms with Gasteiger partial charge in [-0.1, -0.05) is 41.9 Å². The standard InChI is InChI=1S/C30H35ClN6O7S/c1-5-35(6-2)37(40)34-44-19-43-30(39)23-13-11-22(12-14-23)21(4)33-45(41,42)28-18-25(15-16-26(28)31)29(38)32-36-20(3)17-24-9-7-8-10-27(24)36/h7-16,18,20-21,33H,5-6,17,19H2,1-4H3,(H,32,38)/b37-34-. The first-order valence-electron chi connectivity index (χ1n) is 14.3. The third-order valence-corrected chi connectivity index (χ3v) is 9.26. The molecule has 13 nitrogen and oxygen atoms in total. The lowest BCUT2D eigenvalue weighted by Crippen LogP contribution is -2.45. The zero-order valence-corrected chi connectivity index (χ0v) is 26.8. The number of benzene rings is 3. The number of anilines is 1. The van der Waals surface area contributed by atoms with E-state index in [-0.39, 0.29) is 32.1 Å². The SMILES string of the molecule is CCN(CC)/[N+]([O-])=N/OCOC(=O)c1ccc(C(C)NS(=O)(=O)c2cc(C(=O)NN3c4ccccc4CC3C)ccc2Cl)cc1. The highest BCUT2D eigenvalue weighted by Crippen LogP contribution is 2.31. The summed E-state index contributed by atoms with van der Waals surface area (Å²) < 4.78 is 34.3. The predicted molar refractivity (Wildman–Crippen MR) is 167 cm³/mol. The van der Waals surface area contributed by atoms with Gasteiger partial charge in [0.25, 0.3) is 12.7 Å². The number of nitrogens with zero attached hydrogens (tertiary/aromatic N) is 4. The summed E-state index contributed by atoms with van der Waals surface area (Å²) in [6.45, 7) is 7.46. The predicted octanol–water partition coefficient (Wildman–Crippen LogP) is 4.74. The van der Waals surface area contributed by atoms with Crippen LogP contribution in [0.2, 0.25) is 5.02 Å². The van der Waals surface area contributed by atoms with Crippen molar-refractivity contribution in [3.8, 4) is 0 Å². The Morgan fingerprint density at radius 3 is 2.47 bits per heavy atom. The molecule has 1 amide bonds. The van der Waals surface area contributed by atoms with Crippen molar-refractivity contribution in [3.05, 3.63) is 99.2 Å². The van der Waals surface area contributed by atoms with Crippen molar-refractivity contribution in [2.75, 3.05) is 24.9 Å². The van der Waals surface area contributed by atoms with E-state index in [4.69, 9.17) is 21.2 Å². The van der Waals surface area contributed by atoms with E-state index in [9.17, 15) is 23.2 Å². The van der Waals surface area contributed by atoms with Crippen molar-refractivity contribution in [1.82, 2.24) is 15.2 Å². The number of esters is 1. The average molecular weight is 659 g/mol. The van der Waals surface area contributed by atoms with Gasteiger partial charge in [-0.3, -0.25) is 15.2 Å². The summed E-state index contributed by atoms with van der Waals surface area (Å²) >= 11 is 6.28. The minimum absolute atomic E-state index is 0.0221. The van der Waals surface area contributed by atoms with Gasteiger partial charge in [0.05, 0.1) is 40.4 Å². The van der Waals surface area contributed by atoms with E-state index in [0.717, 1.165) is 17.7 Å². The molecule has 2 atom stereocenters. The minimum Gasteiger partial charge on any atom is -0.569 e. The van der Waals surface area contributed by atoms with Crippen molar-refractivity contribution >= 4 is 39.2 Å². The van der Waals surface area contributed by atoms with Crippen LogP contribution in [0.25, 0.3) is 0 Å². The van der Waals surface area contributed by atoms with E-state index in [2.05, 4.69) is 15.4 Å². The summed E-state index contributed by atoms with van der Waals surface area (Å²) in [5, 5.41) is 18.1. The molecule has 0 bridgehead atoms. The van der Waals surface area contributed by atoms with E-state index in [1.807, 2.05) is 31.2 Å². The van der Waals surface area contributed by atoms with Crippen LogP contribution in [0, 0.1) is 5.21 Å². The zero-order valence-electron chi connectivity index (χ0n) is 25.3. The second-order valence-corrected chi connectivity index (χ2v) is 12.3. The van der Waals surface area contributed by atoms with Crippen LogP contribution in [0.1, 0.15) is 65.6 Å². The Morgan fingerprint density at radius 2 is 1.78 bits per heavy atom. The van der Waals surface area contributed by atoms with Gasteiger partial charge in [-0.05, 0) is 81.6 Å². The number of amides is 1. The molecule has 4 rings (SSSR count). The molecule has 1 heterocycles. The van der Waals surface area contributed by atoms with Crippen LogP contribution >= 0.6 is 11.6 Å². The molecule has 2 unspecified atom stereocenters. The number of halogens is 1. The largest absolute Gasteiger partial charge is 0.569 e. The number of hydrogen-bond acceptors (Lipinski definition) is 9. The third-order valence-electron chi connectivity index (χ3n) is 7.23. The molecule has 0 aromatic heterocycles. The number of hydrazine groups is 2. The van der Waals surface area contributed by atoms with Gasteiger partial charge in [-0.25, -0.2) is 17.9 Å². The fourth-order valence-electron chi connectivity index (χ4n) is 4.79. The molecule has 3 aromatic carbocycles. The topological polar surface area (TPSA) is 156 Å². The smallest absolute Gasteiger partial charge is 0.341 e. The van der Waals surface area contributed by atoms with Gasteiger partial charge in [0, 0.05) is 11.6 Å². The number of para-hydroxylation sites is 1. The molecule has 0 saturated carbocycles. The molecule has 2 N–H and O–H groups in total. The summed E-state index contributed by atoms with van der Waals surface area (Å²) in [6, 6.07) is 17.2. The Morgan fingerprint density at radius 1 is 1.11 bits per heavy atom. The van der Waals surface area contributed by atoms with Crippen LogP contribution in [-0.4, -0.2) is 56.2 Å². The first-order valence-corrected chi connectivity index (χ1v) is 16.1.